The second-order valence-corrected chi connectivity index (χ2v) is 4.18. The molecular formula is C12H10BrNO4. The van der Waals surface area contributed by atoms with E-state index in [0.717, 1.165) is 0 Å². The van der Waals surface area contributed by atoms with Gasteiger partial charge in [-0.25, -0.2) is 4.79 Å². The smallest absolute Gasteiger partial charge is 0.337 e. The zero-order chi connectivity index (χ0) is 13.7. The van der Waals surface area contributed by atoms with Crippen LogP contribution < -0.4 is 0 Å². The fourth-order valence-corrected chi connectivity index (χ4v) is 1.66. The van der Waals surface area contributed by atoms with Crippen molar-refractivity contribution in [2.75, 3.05) is 5.33 Å². The van der Waals surface area contributed by atoms with Crippen LogP contribution in [0.3, 0.4) is 0 Å². The summed E-state index contributed by atoms with van der Waals surface area (Å²) in [7, 11) is 0. The first kappa shape index (κ1) is 14.4. The molecule has 0 fully saturated rings. The molecule has 0 saturated carbocycles. The van der Waals surface area contributed by atoms with Crippen LogP contribution in [0.1, 0.15) is 22.8 Å². The average molecular weight is 312 g/mol. The highest BCUT2D eigenvalue weighted by Gasteiger charge is 2.20. The summed E-state index contributed by atoms with van der Waals surface area (Å²) in [4.78, 5) is 22.0. The van der Waals surface area contributed by atoms with Crippen LogP contribution in [-0.4, -0.2) is 27.3 Å². The Morgan fingerprint density at radius 2 is 2.11 bits per heavy atom. The number of alkyl halides is 1. The third-order valence-corrected chi connectivity index (χ3v) is 2.94. The van der Waals surface area contributed by atoms with E-state index in [1.807, 2.05) is 6.07 Å². The molecule has 6 heteroatoms. The Kier molecular flexibility index (Phi) is 5.01. The van der Waals surface area contributed by atoms with Gasteiger partial charge in [0.15, 0.2) is 6.10 Å². The molecule has 0 spiro atoms. The molecule has 0 aromatic heterocycles. The molecule has 0 aliphatic carbocycles. The number of nitriles is 1. The van der Waals surface area contributed by atoms with Gasteiger partial charge in [0, 0.05) is 12.0 Å². The highest BCUT2D eigenvalue weighted by Crippen LogP contribution is 2.20. The van der Waals surface area contributed by atoms with Gasteiger partial charge in [0.05, 0.1) is 17.0 Å². The van der Waals surface area contributed by atoms with Gasteiger partial charge in [0.1, 0.15) is 5.78 Å². The number of aliphatic hydroxyl groups is 1. The number of carboxylic acids is 1. The van der Waals surface area contributed by atoms with E-state index in [0.29, 0.717) is 5.56 Å². The number of rotatable bonds is 5. The SMILES string of the molecule is N#Cc1ccc(CC(=O)CBr)cc1C(O)C(=O)O. The number of carbonyl (C=O) groups excluding carboxylic acids is 1. The van der Waals surface area contributed by atoms with Crippen LogP contribution >= 0.6 is 15.9 Å². The quantitative estimate of drug-likeness (QED) is 0.796. The molecule has 0 bridgehead atoms. The van der Waals surface area contributed by atoms with Crippen LogP contribution in [0, 0.1) is 11.3 Å². The summed E-state index contributed by atoms with van der Waals surface area (Å²) < 4.78 is 0. The molecule has 1 unspecified atom stereocenters. The van der Waals surface area contributed by atoms with Crippen LogP contribution in [0.5, 0.6) is 0 Å². The van der Waals surface area contributed by atoms with Crippen molar-refractivity contribution in [2.45, 2.75) is 12.5 Å². The molecule has 0 saturated heterocycles. The molecule has 1 rings (SSSR count). The first-order chi connectivity index (χ1) is 8.49. The topological polar surface area (TPSA) is 98.4 Å². The van der Waals surface area contributed by atoms with Gasteiger partial charge in [-0.2, -0.15) is 5.26 Å². The molecule has 0 aliphatic heterocycles. The lowest BCUT2D eigenvalue weighted by molar-refractivity contribution is -0.147. The van der Waals surface area contributed by atoms with Crippen LogP contribution in [0.25, 0.3) is 0 Å². The number of Topliss-reactive ketones (excluding diaryl/α,β-unsaturated/α-hetero) is 1. The fourth-order valence-electron chi connectivity index (χ4n) is 1.46. The Morgan fingerprint density at radius 1 is 1.44 bits per heavy atom. The van der Waals surface area contributed by atoms with Crippen LogP contribution in [0.4, 0.5) is 0 Å². The number of carbonyl (C=O) groups is 2. The van der Waals surface area contributed by atoms with Gasteiger partial charge in [-0.05, 0) is 11.6 Å². The van der Waals surface area contributed by atoms with E-state index in [2.05, 4.69) is 15.9 Å². The predicted octanol–water partition coefficient (Wildman–Crippen LogP) is 1.18. The number of benzene rings is 1. The standard InChI is InChI=1S/C12H10BrNO4/c13-5-9(15)3-7-1-2-8(6-14)10(4-7)11(16)12(17)18/h1-2,4,11,16H,3,5H2,(H,17,18). The van der Waals surface area contributed by atoms with Gasteiger partial charge >= 0.3 is 5.97 Å². The first-order valence-electron chi connectivity index (χ1n) is 5.01. The van der Waals surface area contributed by atoms with Gasteiger partial charge in [-0.15, -0.1) is 0 Å². The Bertz CT molecular complexity index is 521. The number of hydrogen-bond donors (Lipinski definition) is 2. The van der Waals surface area contributed by atoms with E-state index < -0.39 is 12.1 Å². The van der Waals surface area contributed by atoms with E-state index in [1.54, 1.807) is 6.07 Å². The van der Waals surface area contributed by atoms with Crippen molar-refractivity contribution in [2.24, 2.45) is 0 Å². The van der Waals surface area contributed by atoms with Gasteiger partial charge < -0.3 is 10.2 Å². The lowest BCUT2D eigenvalue weighted by atomic mass is 9.98. The lowest BCUT2D eigenvalue weighted by Gasteiger charge is -2.09. The lowest BCUT2D eigenvalue weighted by Crippen LogP contribution is -2.13. The minimum absolute atomic E-state index is 0.00451. The largest absolute Gasteiger partial charge is 0.479 e. The summed E-state index contributed by atoms with van der Waals surface area (Å²) in [6, 6.07) is 6.15. The Labute approximate surface area is 112 Å². The summed E-state index contributed by atoms with van der Waals surface area (Å²) in [5.41, 5.74) is 0.651. The minimum Gasteiger partial charge on any atom is -0.479 e. The summed E-state index contributed by atoms with van der Waals surface area (Å²) in [5.74, 6) is -1.51. The number of carboxylic acid groups (broad SMARTS) is 1. The van der Waals surface area contributed by atoms with Crippen molar-refractivity contribution in [1.82, 2.24) is 0 Å². The van der Waals surface area contributed by atoms with E-state index in [4.69, 9.17) is 10.4 Å². The molecule has 1 aromatic carbocycles. The Morgan fingerprint density at radius 3 is 2.61 bits per heavy atom. The molecule has 5 nitrogen and oxygen atoms in total. The zero-order valence-corrected chi connectivity index (χ0v) is 10.8. The number of halogens is 1. The summed E-state index contributed by atoms with van der Waals surface area (Å²) in [6.45, 7) is 0. The molecule has 94 valence electrons. The summed E-state index contributed by atoms with van der Waals surface area (Å²) >= 11 is 3.03. The van der Waals surface area contributed by atoms with Crippen molar-refractivity contribution < 1.29 is 19.8 Å². The summed E-state index contributed by atoms with van der Waals surface area (Å²) in [6.07, 6.45) is -1.64. The molecule has 0 heterocycles. The van der Waals surface area contributed by atoms with Crippen LogP contribution in [0.15, 0.2) is 18.2 Å². The van der Waals surface area contributed by atoms with Gasteiger partial charge in [0.2, 0.25) is 0 Å². The van der Waals surface area contributed by atoms with Gasteiger partial charge in [-0.3, -0.25) is 4.79 Å². The van der Waals surface area contributed by atoms with E-state index in [9.17, 15) is 14.7 Å². The molecule has 18 heavy (non-hydrogen) atoms. The minimum atomic E-state index is -1.77. The van der Waals surface area contributed by atoms with Gasteiger partial charge in [-0.1, -0.05) is 28.1 Å². The number of aliphatic hydroxyl groups excluding tert-OH is 1. The van der Waals surface area contributed by atoms with Crippen molar-refractivity contribution in [1.29, 1.82) is 5.26 Å². The number of aliphatic carboxylic acids is 1. The van der Waals surface area contributed by atoms with E-state index in [-0.39, 0.29) is 28.7 Å². The highest BCUT2D eigenvalue weighted by atomic mass is 79.9. The van der Waals surface area contributed by atoms with Crippen LogP contribution in [0.2, 0.25) is 0 Å². The van der Waals surface area contributed by atoms with Crippen molar-refractivity contribution >= 4 is 27.7 Å². The van der Waals surface area contributed by atoms with E-state index >= 15 is 0 Å². The molecule has 2 N–H and O–H groups in total. The van der Waals surface area contributed by atoms with Crippen molar-refractivity contribution in [3.8, 4) is 6.07 Å². The molecule has 0 aliphatic rings. The maximum Gasteiger partial charge on any atom is 0.337 e. The fraction of sp³-hybridized carbons (Fsp3) is 0.250. The number of hydrogen-bond acceptors (Lipinski definition) is 4. The number of ketones is 1. The second kappa shape index (κ2) is 6.28. The second-order valence-electron chi connectivity index (χ2n) is 3.62. The zero-order valence-electron chi connectivity index (χ0n) is 9.26. The maximum absolute atomic E-state index is 11.3. The number of nitrogens with zero attached hydrogens (tertiary/aromatic N) is 1. The van der Waals surface area contributed by atoms with Crippen LogP contribution in [-0.2, 0) is 16.0 Å². The highest BCUT2D eigenvalue weighted by molar-refractivity contribution is 9.09. The van der Waals surface area contributed by atoms with Crippen molar-refractivity contribution in [3.63, 3.8) is 0 Å². The maximum atomic E-state index is 11.3. The molecular weight excluding hydrogens is 302 g/mol. The average Bonchev–Trinajstić information content (AvgIpc) is 2.37. The van der Waals surface area contributed by atoms with E-state index in [1.165, 1.54) is 12.1 Å². The molecule has 0 amide bonds. The Hall–Kier alpha value is -1.71. The van der Waals surface area contributed by atoms with Gasteiger partial charge in [0.25, 0.3) is 0 Å². The molecule has 0 radical (unpaired) electrons. The first-order valence-corrected chi connectivity index (χ1v) is 6.13. The molecule has 1 atom stereocenters. The normalized spacial score (nSPS) is 11.6. The third-order valence-electron chi connectivity index (χ3n) is 2.32. The predicted molar refractivity (Wildman–Crippen MR) is 66.3 cm³/mol. The third kappa shape index (κ3) is 3.39. The summed E-state index contributed by atoms with van der Waals surface area (Å²) in [5, 5.41) is 27.3. The Balaban J connectivity index is 3.14. The monoisotopic (exact) mass is 311 g/mol. The molecule has 1 aromatic rings. The van der Waals surface area contributed by atoms with Crippen molar-refractivity contribution in [3.05, 3.63) is 34.9 Å².